The van der Waals surface area contributed by atoms with Gasteiger partial charge in [0.25, 0.3) is 5.56 Å². The van der Waals surface area contributed by atoms with Gasteiger partial charge in [-0.25, -0.2) is 0 Å². The molecule has 0 spiro atoms. The highest BCUT2D eigenvalue weighted by Gasteiger charge is 2.51. The summed E-state index contributed by atoms with van der Waals surface area (Å²) in [4.78, 5) is 16.1. The fourth-order valence-electron chi connectivity index (χ4n) is 3.04. The Hall–Kier alpha value is -2.22. The van der Waals surface area contributed by atoms with E-state index in [0.29, 0.717) is 12.0 Å². The standard InChI is InChI=1S/C16H16N2O5/c19-8-11-12(20)13-15(22-11)18-7-10(14(21)17-16(18)23-13)6-9-4-2-1-3-5-9/h1-5,7,11-13,15,19-20H,6,8H2/t11-,12-,13+,15-/m1/s1. The highest BCUT2D eigenvalue weighted by Crippen LogP contribution is 2.38. The van der Waals surface area contributed by atoms with Crippen LogP contribution in [-0.2, 0) is 11.2 Å². The highest BCUT2D eigenvalue weighted by molar-refractivity contribution is 5.25. The largest absolute Gasteiger partial charge is 0.453 e. The number of aliphatic hydroxyl groups excluding tert-OH is 2. The fraction of sp³-hybridized carbons (Fsp3) is 0.375. The molecule has 1 aromatic carbocycles. The summed E-state index contributed by atoms with van der Waals surface area (Å²) in [6.07, 6.45) is -0.786. The Morgan fingerprint density at radius 3 is 2.78 bits per heavy atom. The third-order valence-corrected chi connectivity index (χ3v) is 4.23. The Labute approximate surface area is 131 Å². The van der Waals surface area contributed by atoms with Gasteiger partial charge in [0.05, 0.1) is 6.61 Å². The van der Waals surface area contributed by atoms with E-state index in [1.807, 2.05) is 30.3 Å². The summed E-state index contributed by atoms with van der Waals surface area (Å²) in [7, 11) is 0. The van der Waals surface area contributed by atoms with Gasteiger partial charge in [-0.1, -0.05) is 30.3 Å². The van der Waals surface area contributed by atoms with Gasteiger partial charge in [0.15, 0.2) is 12.3 Å². The summed E-state index contributed by atoms with van der Waals surface area (Å²) in [5.74, 6) is 0. The molecule has 23 heavy (non-hydrogen) atoms. The van der Waals surface area contributed by atoms with Crippen LogP contribution in [0.1, 0.15) is 17.4 Å². The Balaban J connectivity index is 1.68. The third kappa shape index (κ3) is 2.33. The molecular formula is C16H16N2O5. The summed E-state index contributed by atoms with van der Waals surface area (Å²) in [5, 5.41) is 19.3. The first-order chi connectivity index (χ1) is 11.2. The van der Waals surface area contributed by atoms with Crippen LogP contribution in [0.2, 0.25) is 0 Å². The monoisotopic (exact) mass is 316 g/mol. The van der Waals surface area contributed by atoms with E-state index in [2.05, 4.69) is 4.98 Å². The third-order valence-electron chi connectivity index (χ3n) is 4.23. The molecule has 0 aliphatic carbocycles. The second kappa shape index (κ2) is 5.45. The van der Waals surface area contributed by atoms with Crippen LogP contribution < -0.4 is 10.3 Å². The summed E-state index contributed by atoms with van der Waals surface area (Å²) < 4.78 is 12.8. The van der Waals surface area contributed by atoms with Gasteiger partial charge in [0.2, 0.25) is 0 Å². The molecule has 2 aliphatic rings. The molecular weight excluding hydrogens is 300 g/mol. The highest BCUT2D eigenvalue weighted by atomic mass is 16.6. The normalized spacial score (nSPS) is 28.3. The van der Waals surface area contributed by atoms with E-state index in [1.165, 1.54) is 0 Å². The lowest BCUT2D eigenvalue weighted by Crippen LogP contribution is -2.34. The van der Waals surface area contributed by atoms with Crippen LogP contribution >= 0.6 is 0 Å². The first-order valence-electron chi connectivity index (χ1n) is 7.44. The molecule has 2 N–H and O–H groups in total. The lowest BCUT2D eigenvalue weighted by Gasteiger charge is -2.14. The van der Waals surface area contributed by atoms with E-state index < -0.39 is 24.5 Å². The van der Waals surface area contributed by atoms with Crippen LogP contribution in [0.3, 0.4) is 0 Å². The minimum absolute atomic E-state index is 0.136. The van der Waals surface area contributed by atoms with Gasteiger partial charge in [0.1, 0.15) is 12.2 Å². The molecule has 0 unspecified atom stereocenters. The van der Waals surface area contributed by atoms with Crippen molar-refractivity contribution >= 4 is 0 Å². The number of rotatable bonds is 3. The molecule has 0 saturated carbocycles. The maximum atomic E-state index is 12.2. The van der Waals surface area contributed by atoms with Crippen LogP contribution in [0, 0.1) is 0 Å². The van der Waals surface area contributed by atoms with Crippen LogP contribution in [0.15, 0.2) is 41.3 Å². The summed E-state index contributed by atoms with van der Waals surface area (Å²) >= 11 is 0. The van der Waals surface area contributed by atoms with Gasteiger partial charge < -0.3 is 19.7 Å². The summed E-state index contributed by atoms with van der Waals surface area (Å²) in [5.41, 5.74) is 1.17. The molecule has 1 saturated heterocycles. The van der Waals surface area contributed by atoms with E-state index in [4.69, 9.17) is 9.47 Å². The first kappa shape index (κ1) is 14.4. The SMILES string of the molecule is O=c1nc2n(cc1Cc1ccccc1)[C@@H]1O[C@H](CO)[C@@H](O)[C@@H]1O2. The number of aromatic nitrogens is 2. The number of hydrogen-bond donors (Lipinski definition) is 2. The number of nitrogens with zero attached hydrogens (tertiary/aromatic N) is 2. The van der Waals surface area contributed by atoms with Gasteiger partial charge >= 0.3 is 6.01 Å². The van der Waals surface area contributed by atoms with Crippen molar-refractivity contribution in [1.82, 2.24) is 9.55 Å². The first-order valence-corrected chi connectivity index (χ1v) is 7.44. The smallest absolute Gasteiger partial charge is 0.302 e. The van der Waals surface area contributed by atoms with Gasteiger partial charge in [-0.15, -0.1) is 0 Å². The van der Waals surface area contributed by atoms with Crippen molar-refractivity contribution in [2.24, 2.45) is 0 Å². The van der Waals surface area contributed by atoms with Gasteiger partial charge in [-0.2, -0.15) is 4.98 Å². The van der Waals surface area contributed by atoms with E-state index >= 15 is 0 Å². The van der Waals surface area contributed by atoms with Crippen molar-refractivity contribution in [2.75, 3.05) is 6.61 Å². The number of hydrogen-bond acceptors (Lipinski definition) is 6. The topological polar surface area (TPSA) is 93.8 Å². The van der Waals surface area contributed by atoms with Crippen molar-refractivity contribution in [3.8, 4) is 6.01 Å². The molecule has 4 rings (SSSR count). The van der Waals surface area contributed by atoms with Crippen molar-refractivity contribution in [1.29, 1.82) is 0 Å². The molecule has 1 fully saturated rings. The fourth-order valence-corrected chi connectivity index (χ4v) is 3.04. The van der Waals surface area contributed by atoms with Gasteiger partial charge in [-0.05, 0) is 5.56 Å². The van der Waals surface area contributed by atoms with Crippen LogP contribution in [0.5, 0.6) is 6.01 Å². The summed E-state index contributed by atoms with van der Waals surface area (Å²) in [6.45, 7) is -0.294. The second-order valence-electron chi connectivity index (χ2n) is 5.74. The lowest BCUT2D eigenvalue weighted by molar-refractivity contribution is -0.0435. The van der Waals surface area contributed by atoms with Crippen LogP contribution in [-0.4, -0.2) is 44.7 Å². The molecule has 120 valence electrons. The minimum atomic E-state index is -0.959. The second-order valence-corrected chi connectivity index (χ2v) is 5.74. The molecule has 7 heteroatoms. The lowest BCUT2D eigenvalue weighted by atomic mass is 10.1. The maximum absolute atomic E-state index is 12.2. The Morgan fingerprint density at radius 2 is 2.04 bits per heavy atom. The van der Waals surface area contributed by atoms with Crippen LogP contribution in [0.25, 0.3) is 0 Å². The quantitative estimate of drug-likeness (QED) is 0.818. The Kier molecular flexibility index (Phi) is 3.41. The number of fused-ring (bicyclic) bond motifs is 3. The van der Waals surface area contributed by atoms with Gasteiger partial charge in [-0.3, -0.25) is 9.36 Å². The van der Waals surface area contributed by atoms with Crippen LogP contribution in [0.4, 0.5) is 0 Å². The molecule has 1 aromatic heterocycles. The zero-order valence-electron chi connectivity index (χ0n) is 12.2. The predicted molar refractivity (Wildman–Crippen MR) is 79.2 cm³/mol. The average Bonchev–Trinajstić information content (AvgIpc) is 3.05. The zero-order valence-corrected chi connectivity index (χ0v) is 12.2. The maximum Gasteiger partial charge on any atom is 0.302 e. The Bertz CT molecular complexity index is 776. The Morgan fingerprint density at radius 1 is 1.26 bits per heavy atom. The molecule has 3 heterocycles. The van der Waals surface area contributed by atoms with E-state index in [-0.39, 0.29) is 18.2 Å². The molecule has 0 bridgehead atoms. The predicted octanol–water partition coefficient (Wildman–Crippen LogP) is -0.154. The van der Waals surface area contributed by atoms with E-state index in [0.717, 1.165) is 5.56 Å². The van der Waals surface area contributed by atoms with Crippen molar-refractivity contribution in [3.05, 3.63) is 58.0 Å². The van der Waals surface area contributed by atoms with E-state index in [1.54, 1.807) is 10.8 Å². The zero-order chi connectivity index (χ0) is 16.0. The summed E-state index contributed by atoms with van der Waals surface area (Å²) in [6, 6.07) is 9.75. The molecule has 7 nitrogen and oxygen atoms in total. The van der Waals surface area contributed by atoms with Crippen molar-refractivity contribution < 1.29 is 19.7 Å². The number of ether oxygens (including phenoxy) is 2. The average molecular weight is 316 g/mol. The number of benzene rings is 1. The van der Waals surface area contributed by atoms with E-state index in [9.17, 15) is 15.0 Å². The minimum Gasteiger partial charge on any atom is -0.453 e. The molecule has 0 radical (unpaired) electrons. The molecule has 2 aliphatic heterocycles. The van der Waals surface area contributed by atoms with Crippen molar-refractivity contribution in [3.63, 3.8) is 0 Å². The van der Waals surface area contributed by atoms with Crippen molar-refractivity contribution in [2.45, 2.75) is 31.0 Å². The molecule has 2 aromatic rings. The molecule has 4 atom stereocenters. The molecule has 0 amide bonds. The van der Waals surface area contributed by atoms with Gasteiger partial charge in [0, 0.05) is 18.2 Å². The number of aliphatic hydroxyl groups is 2.